The molecule has 1 atom stereocenters. The zero-order chi connectivity index (χ0) is 18.4. The lowest BCUT2D eigenvalue weighted by atomic mass is 10.2. The Morgan fingerprint density at radius 2 is 1.79 bits per heavy atom. The van der Waals surface area contributed by atoms with E-state index in [0.29, 0.717) is 5.56 Å². The summed E-state index contributed by atoms with van der Waals surface area (Å²) in [5.74, 6) is -1.84. The monoisotopic (exact) mass is 357 g/mol. The van der Waals surface area contributed by atoms with Gasteiger partial charge >= 0.3 is 12.1 Å². The predicted octanol–water partition coefficient (Wildman–Crippen LogP) is 1.97. The van der Waals surface area contributed by atoms with Crippen LogP contribution in [0.25, 0.3) is 0 Å². The van der Waals surface area contributed by atoms with E-state index < -0.39 is 33.5 Å². The Labute approximate surface area is 141 Å². The number of rotatable bonds is 7. The van der Waals surface area contributed by atoms with E-state index in [1.165, 1.54) is 0 Å². The molecule has 0 radical (unpaired) electrons. The van der Waals surface area contributed by atoms with Crippen molar-refractivity contribution in [2.24, 2.45) is 0 Å². The second-order valence-corrected chi connectivity index (χ2v) is 8.59. The molecule has 0 aromatic heterocycles. The maximum Gasteiger partial charge on any atom is 0.408 e. The molecule has 24 heavy (non-hydrogen) atoms. The standard InChI is InChI=1S/C16H23NO6S/c1-16(2,3)23-15(20)17-13(14(18)19)9-10-24(21,22)11-12-7-5-4-6-8-12/h4-8,13H,9-11H2,1-3H3,(H,17,20)(H,18,19)/t13-/m0/s1. The van der Waals surface area contributed by atoms with Crippen LogP contribution in [0.15, 0.2) is 30.3 Å². The number of aliphatic carboxylic acids is 1. The van der Waals surface area contributed by atoms with E-state index in [4.69, 9.17) is 9.84 Å². The molecule has 8 heteroatoms. The average Bonchev–Trinajstić information content (AvgIpc) is 2.41. The highest BCUT2D eigenvalue weighted by Crippen LogP contribution is 2.10. The number of carboxylic acids is 1. The molecule has 0 fully saturated rings. The molecule has 2 N–H and O–H groups in total. The summed E-state index contributed by atoms with van der Waals surface area (Å²) in [4.78, 5) is 22.9. The molecule has 0 saturated heterocycles. The minimum Gasteiger partial charge on any atom is -0.480 e. The van der Waals surface area contributed by atoms with Crippen LogP contribution in [0.4, 0.5) is 4.79 Å². The topological polar surface area (TPSA) is 110 Å². The third-order valence-corrected chi connectivity index (χ3v) is 4.57. The summed E-state index contributed by atoms with van der Waals surface area (Å²) in [6.07, 6.45) is -1.13. The summed E-state index contributed by atoms with van der Waals surface area (Å²) in [5.41, 5.74) is -0.142. The van der Waals surface area contributed by atoms with E-state index in [-0.39, 0.29) is 17.9 Å². The van der Waals surface area contributed by atoms with Gasteiger partial charge in [-0.1, -0.05) is 30.3 Å². The lowest BCUT2D eigenvalue weighted by molar-refractivity contribution is -0.139. The van der Waals surface area contributed by atoms with Crippen LogP contribution in [0, 0.1) is 0 Å². The molecular weight excluding hydrogens is 334 g/mol. The summed E-state index contributed by atoms with van der Waals surface area (Å²) >= 11 is 0. The van der Waals surface area contributed by atoms with Crippen LogP contribution in [0.5, 0.6) is 0 Å². The minimum atomic E-state index is -3.49. The van der Waals surface area contributed by atoms with E-state index in [1.54, 1.807) is 51.1 Å². The molecule has 1 aromatic rings. The molecule has 134 valence electrons. The van der Waals surface area contributed by atoms with Crippen molar-refractivity contribution in [2.45, 2.75) is 44.6 Å². The minimum absolute atomic E-state index is 0.174. The number of hydrogen-bond acceptors (Lipinski definition) is 5. The lowest BCUT2D eigenvalue weighted by Crippen LogP contribution is -2.44. The Morgan fingerprint density at radius 1 is 1.21 bits per heavy atom. The molecule has 0 aliphatic heterocycles. The summed E-state index contributed by atoms with van der Waals surface area (Å²) in [6.45, 7) is 4.94. The van der Waals surface area contributed by atoms with Gasteiger partial charge in [-0.25, -0.2) is 18.0 Å². The lowest BCUT2D eigenvalue weighted by Gasteiger charge is -2.22. The fourth-order valence-electron chi connectivity index (χ4n) is 1.90. The number of alkyl carbamates (subject to hydrolysis) is 1. The molecule has 0 saturated carbocycles. The van der Waals surface area contributed by atoms with Crippen molar-refractivity contribution in [1.29, 1.82) is 0 Å². The molecule has 1 rings (SSSR count). The second-order valence-electron chi connectivity index (χ2n) is 6.40. The summed E-state index contributed by atoms with van der Waals surface area (Å²) in [5, 5.41) is 11.3. The van der Waals surface area contributed by atoms with Crippen LogP contribution < -0.4 is 5.32 Å². The molecule has 1 aromatic carbocycles. The average molecular weight is 357 g/mol. The Kier molecular flexibility index (Phi) is 6.77. The Balaban J connectivity index is 2.62. The highest BCUT2D eigenvalue weighted by atomic mass is 32.2. The van der Waals surface area contributed by atoms with Crippen LogP contribution >= 0.6 is 0 Å². The van der Waals surface area contributed by atoms with E-state index in [9.17, 15) is 18.0 Å². The van der Waals surface area contributed by atoms with Gasteiger partial charge in [-0.05, 0) is 32.8 Å². The first-order chi connectivity index (χ1) is 11.0. The molecule has 0 heterocycles. The summed E-state index contributed by atoms with van der Waals surface area (Å²) in [6, 6.07) is 7.28. The smallest absolute Gasteiger partial charge is 0.408 e. The first-order valence-corrected chi connectivity index (χ1v) is 9.27. The fourth-order valence-corrected chi connectivity index (χ4v) is 3.34. The SMILES string of the molecule is CC(C)(C)OC(=O)N[C@@H](CCS(=O)(=O)Cc1ccccc1)C(=O)O. The van der Waals surface area contributed by atoms with Crippen molar-refractivity contribution in [3.63, 3.8) is 0 Å². The molecule has 0 bridgehead atoms. The number of ether oxygens (including phenoxy) is 1. The maximum absolute atomic E-state index is 12.1. The van der Waals surface area contributed by atoms with E-state index in [0.717, 1.165) is 0 Å². The van der Waals surface area contributed by atoms with Crippen LogP contribution in [0.1, 0.15) is 32.8 Å². The zero-order valence-corrected chi connectivity index (χ0v) is 14.8. The highest BCUT2D eigenvalue weighted by Gasteiger charge is 2.25. The Morgan fingerprint density at radius 3 is 2.29 bits per heavy atom. The van der Waals surface area contributed by atoms with E-state index in [2.05, 4.69) is 5.32 Å². The molecular formula is C16H23NO6S. The largest absolute Gasteiger partial charge is 0.480 e. The first-order valence-electron chi connectivity index (χ1n) is 7.45. The molecule has 0 unspecified atom stereocenters. The molecule has 0 aliphatic rings. The summed E-state index contributed by atoms with van der Waals surface area (Å²) in [7, 11) is -3.49. The Bertz CT molecular complexity index is 664. The van der Waals surface area contributed by atoms with Crippen LogP contribution in [-0.2, 0) is 25.1 Å². The van der Waals surface area contributed by atoms with Crippen molar-refractivity contribution < 1.29 is 27.9 Å². The predicted molar refractivity (Wildman–Crippen MR) is 89.3 cm³/mol. The number of carbonyl (C=O) groups is 2. The number of amides is 1. The Hall–Kier alpha value is -2.09. The third kappa shape index (κ3) is 7.96. The zero-order valence-electron chi connectivity index (χ0n) is 14.0. The normalized spacial score (nSPS) is 13.1. The number of benzene rings is 1. The van der Waals surface area contributed by atoms with Gasteiger partial charge in [0.25, 0.3) is 0 Å². The van der Waals surface area contributed by atoms with Crippen molar-refractivity contribution in [1.82, 2.24) is 5.32 Å². The summed E-state index contributed by atoms with van der Waals surface area (Å²) < 4.78 is 29.2. The van der Waals surface area contributed by atoms with Crippen molar-refractivity contribution in [2.75, 3.05) is 5.75 Å². The number of carbonyl (C=O) groups excluding carboxylic acids is 1. The first kappa shape index (κ1) is 20.0. The van der Waals surface area contributed by atoms with Crippen LogP contribution in [0.3, 0.4) is 0 Å². The van der Waals surface area contributed by atoms with Crippen molar-refractivity contribution >= 4 is 21.9 Å². The van der Waals surface area contributed by atoms with Crippen molar-refractivity contribution in [3.05, 3.63) is 35.9 Å². The number of nitrogens with one attached hydrogen (secondary N) is 1. The van der Waals surface area contributed by atoms with Gasteiger partial charge in [-0.15, -0.1) is 0 Å². The second kappa shape index (κ2) is 8.14. The van der Waals surface area contributed by atoms with Gasteiger partial charge in [-0.2, -0.15) is 0 Å². The van der Waals surface area contributed by atoms with Crippen molar-refractivity contribution in [3.8, 4) is 0 Å². The number of hydrogen-bond donors (Lipinski definition) is 2. The van der Waals surface area contributed by atoms with Gasteiger partial charge in [0.2, 0.25) is 0 Å². The fraction of sp³-hybridized carbons (Fsp3) is 0.500. The molecule has 1 amide bonds. The number of carboxylic acid groups (broad SMARTS) is 1. The molecule has 0 aliphatic carbocycles. The number of sulfone groups is 1. The van der Waals surface area contributed by atoms with Gasteiger partial charge in [0.1, 0.15) is 11.6 Å². The van der Waals surface area contributed by atoms with Crippen LogP contribution in [-0.4, -0.2) is 43.0 Å². The maximum atomic E-state index is 12.1. The third-order valence-electron chi connectivity index (χ3n) is 2.94. The quantitative estimate of drug-likeness (QED) is 0.772. The van der Waals surface area contributed by atoms with Gasteiger partial charge in [-0.3, -0.25) is 0 Å². The van der Waals surface area contributed by atoms with Gasteiger partial charge in [0.05, 0.1) is 11.5 Å². The van der Waals surface area contributed by atoms with E-state index >= 15 is 0 Å². The van der Waals surface area contributed by atoms with Gasteiger partial charge < -0.3 is 15.2 Å². The van der Waals surface area contributed by atoms with E-state index in [1.807, 2.05) is 0 Å². The highest BCUT2D eigenvalue weighted by molar-refractivity contribution is 7.90. The van der Waals surface area contributed by atoms with Gasteiger partial charge in [0.15, 0.2) is 9.84 Å². The molecule has 7 nitrogen and oxygen atoms in total. The van der Waals surface area contributed by atoms with Crippen LogP contribution in [0.2, 0.25) is 0 Å². The molecule has 0 spiro atoms. The van der Waals surface area contributed by atoms with Gasteiger partial charge in [0, 0.05) is 0 Å².